The highest BCUT2D eigenvalue weighted by Crippen LogP contribution is 2.07. The molecule has 21 heavy (non-hydrogen) atoms. The van der Waals surface area contributed by atoms with Crippen molar-refractivity contribution in [2.45, 2.75) is 59.7 Å². The van der Waals surface area contributed by atoms with Crippen LogP contribution in [-0.4, -0.2) is 46.6 Å². The van der Waals surface area contributed by atoms with Crippen molar-refractivity contribution in [3.8, 4) is 5.88 Å². The summed E-state index contributed by atoms with van der Waals surface area (Å²) in [5, 5.41) is 3.32. The molecule has 0 spiro atoms. The van der Waals surface area contributed by atoms with Gasteiger partial charge in [-0.1, -0.05) is 6.92 Å². The van der Waals surface area contributed by atoms with E-state index >= 15 is 0 Å². The van der Waals surface area contributed by atoms with E-state index in [1.807, 2.05) is 0 Å². The molecule has 5 heteroatoms. The van der Waals surface area contributed by atoms with Gasteiger partial charge in [0.2, 0.25) is 5.88 Å². The number of hydrogen-bond donors (Lipinski definition) is 1. The fraction of sp³-hybridized carbons (Fsp3) is 0.750. The van der Waals surface area contributed by atoms with Gasteiger partial charge < -0.3 is 10.1 Å². The fourth-order valence-electron chi connectivity index (χ4n) is 2.30. The second kappa shape index (κ2) is 9.68. The van der Waals surface area contributed by atoms with E-state index in [1.54, 1.807) is 12.4 Å². The Bertz CT molecular complexity index is 388. The molecule has 0 aromatic carbocycles. The highest BCUT2D eigenvalue weighted by atomic mass is 16.5. The summed E-state index contributed by atoms with van der Waals surface area (Å²) in [4.78, 5) is 11.1. The summed E-state index contributed by atoms with van der Waals surface area (Å²) in [6.45, 7) is 14.2. The Morgan fingerprint density at radius 2 is 1.90 bits per heavy atom. The lowest BCUT2D eigenvalue weighted by Gasteiger charge is -2.30. The molecule has 0 unspecified atom stereocenters. The van der Waals surface area contributed by atoms with Gasteiger partial charge in [-0.15, -0.1) is 0 Å². The molecule has 0 atom stereocenters. The van der Waals surface area contributed by atoms with Crippen LogP contribution in [0.2, 0.25) is 0 Å². The maximum Gasteiger partial charge on any atom is 0.232 e. The van der Waals surface area contributed by atoms with Crippen LogP contribution in [0.3, 0.4) is 0 Å². The van der Waals surface area contributed by atoms with Crippen LogP contribution in [0.4, 0.5) is 0 Å². The molecule has 0 bridgehead atoms. The summed E-state index contributed by atoms with van der Waals surface area (Å²) in [7, 11) is 0. The van der Waals surface area contributed by atoms with E-state index in [-0.39, 0.29) is 0 Å². The summed E-state index contributed by atoms with van der Waals surface area (Å²) >= 11 is 0. The van der Waals surface area contributed by atoms with Gasteiger partial charge in [0.25, 0.3) is 0 Å². The Morgan fingerprint density at radius 3 is 2.52 bits per heavy atom. The highest BCUT2D eigenvalue weighted by molar-refractivity contribution is 5.08. The van der Waals surface area contributed by atoms with Crippen LogP contribution in [0, 0.1) is 0 Å². The van der Waals surface area contributed by atoms with Gasteiger partial charge in [0.05, 0.1) is 11.9 Å². The van der Waals surface area contributed by atoms with Crippen molar-refractivity contribution in [2.24, 2.45) is 0 Å². The van der Waals surface area contributed by atoms with Gasteiger partial charge >= 0.3 is 0 Å². The first-order valence-corrected chi connectivity index (χ1v) is 7.94. The third kappa shape index (κ3) is 6.87. The van der Waals surface area contributed by atoms with Gasteiger partial charge in [0, 0.05) is 31.4 Å². The molecule has 0 saturated heterocycles. The van der Waals surface area contributed by atoms with Crippen LogP contribution < -0.4 is 10.1 Å². The minimum absolute atomic E-state index is 0.518. The molecular weight excluding hydrogens is 264 g/mol. The second-order valence-corrected chi connectivity index (χ2v) is 5.80. The molecule has 0 fully saturated rings. The lowest BCUT2D eigenvalue weighted by atomic mass is 10.2. The molecule has 1 heterocycles. The Morgan fingerprint density at radius 1 is 1.19 bits per heavy atom. The highest BCUT2D eigenvalue weighted by Gasteiger charge is 2.13. The predicted octanol–water partition coefficient (Wildman–Crippen LogP) is 2.47. The lowest BCUT2D eigenvalue weighted by molar-refractivity contribution is 0.140. The first kappa shape index (κ1) is 17.9. The van der Waals surface area contributed by atoms with Crippen LogP contribution >= 0.6 is 0 Å². The maximum atomic E-state index is 5.74. The molecular formula is C16H30N4O. The van der Waals surface area contributed by atoms with Crippen LogP contribution in [0.1, 0.15) is 46.7 Å². The Labute approximate surface area is 129 Å². The average molecular weight is 294 g/mol. The molecule has 1 aromatic heterocycles. The van der Waals surface area contributed by atoms with Crippen molar-refractivity contribution >= 4 is 0 Å². The number of rotatable bonds is 10. The number of aromatic nitrogens is 2. The summed E-state index contributed by atoms with van der Waals surface area (Å²) in [5.41, 5.74) is 0.922. The van der Waals surface area contributed by atoms with Crippen molar-refractivity contribution < 1.29 is 4.74 Å². The quantitative estimate of drug-likeness (QED) is 0.672. The SMILES string of the molecule is CCCNCc1cncc(OCCN(C(C)C)C(C)C)n1. The number of nitrogens with zero attached hydrogens (tertiary/aromatic N) is 3. The molecule has 1 aromatic rings. The third-order valence-corrected chi connectivity index (χ3v) is 3.32. The summed E-state index contributed by atoms with van der Waals surface area (Å²) in [6.07, 6.45) is 4.58. The first-order chi connectivity index (χ1) is 10.0. The summed E-state index contributed by atoms with van der Waals surface area (Å²) in [5.74, 6) is 0.610. The largest absolute Gasteiger partial charge is 0.475 e. The monoisotopic (exact) mass is 294 g/mol. The number of ether oxygens (including phenoxy) is 1. The van der Waals surface area contributed by atoms with E-state index in [0.29, 0.717) is 24.6 Å². The summed E-state index contributed by atoms with van der Waals surface area (Å²) in [6, 6.07) is 1.04. The van der Waals surface area contributed by atoms with E-state index in [4.69, 9.17) is 4.74 Å². The van der Waals surface area contributed by atoms with Crippen LogP contribution in [-0.2, 0) is 6.54 Å². The van der Waals surface area contributed by atoms with Crippen molar-refractivity contribution in [1.29, 1.82) is 0 Å². The van der Waals surface area contributed by atoms with Crippen molar-refractivity contribution in [1.82, 2.24) is 20.2 Å². The summed E-state index contributed by atoms with van der Waals surface area (Å²) < 4.78 is 5.74. The second-order valence-electron chi connectivity index (χ2n) is 5.80. The minimum atomic E-state index is 0.518. The Hall–Kier alpha value is -1.20. The van der Waals surface area contributed by atoms with Gasteiger partial charge in [0.15, 0.2) is 0 Å². The van der Waals surface area contributed by atoms with Crippen LogP contribution in [0.25, 0.3) is 0 Å². The minimum Gasteiger partial charge on any atom is -0.475 e. The molecule has 0 saturated carbocycles. The van der Waals surface area contributed by atoms with Gasteiger partial charge in [-0.2, -0.15) is 0 Å². The van der Waals surface area contributed by atoms with Gasteiger partial charge in [-0.3, -0.25) is 9.88 Å². The zero-order chi connectivity index (χ0) is 15.7. The van der Waals surface area contributed by atoms with E-state index in [2.05, 4.69) is 54.8 Å². The Kier molecular flexibility index (Phi) is 8.23. The third-order valence-electron chi connectivity index (χ3n) is 3.32. The lowest BCUT2D eigenvalue weighted by Crippen LogP contribution is -2.39. The normalized spacial score (nSPS) is 11.6. The van der Waals surface area contributed by atoms with Gasteiger partial charge in [0.1, 0.15) is 6.61 Å². The smallest absolute Gasteiger partial charge is 0.232 e. The van der Waals surface area contributed by atoms with E-state index in [9.17, 15) is 0 Å². The zero-order valence-corrected chi connectivity index (χ0v) is 14.1. The van der Waals surface area contributed by atoms with Gasteiger partial charge in [-0.25, -0.2) is 4.98 Å². The number of hydrogen-bond acceptors (Lipinski definition) is 5. The topological polar surface area (TPSA) is 50.3 Å². The van der Waals surface area contributed by atoms with E-state index in [1.165, 1.54) is 0 Å². The van der Waals surface area contributed by atoms with Gasteiger partial charge in [-0.05, 0) is 40.7 Å². The van der Waals surface area contributed by atoms with Crippen LogP contribution in [0.5, 0.6) is 5.88 Å². The predicted molar refractivity (Wildman–Crippen MR) is 86.5 cm³/mol. The molecule has 1 rings (SSSR count). The standard InChI is InChI=1S/C16H30N4O/c1-6-7-17-10-15-11-18-12-16(19-15)21-9-8-20(13(2)3)14(4)5/h11-14,17H,6-10H2,1-5H3. The van der Waals surface area contributed by atoms with Crippen LogP contribution in [0.15, 0.2) is 12.4 Å². The first-order valence-electron chi connectivity index (χ1n) is 7.94. The molecule has 0 radical (unpaired) electrons. The maximum absolute atomic E-state index is 5.74. The number of nitrogens with one attached hydrogen (secondary N) is 1. The Balaban J connectivity index is 2.42. The molecule has 5 nitrogen and oxygen atoms in total. The molecule has 0 aliphatic rings. The average Bonchev–Trinajstić information content (AvgIpc) is 2.43. The van der Waals surface area contributed by atoms with Crippen molar-refractivity contribution in [3.63, 3.8) is 0 Å². The van der Waals surface area contributed by atoms with Crippen molar-refractivity contribution in [2.75, 3.05) is 19.7 Å². The molecule has 0 aliphatic carbocycles. The molecule has 1 N–H and O–H groups in total. The van der Waals surface area contributed by atoms with Crippen molar-refractivity contribution in [3.05, 3.63) is 18.1 Å². The zero-order valence-electron chi connectivity index (χ0n) is 14.1. The fourth-order valence-corrected chi connectivity index (χ4v) is 2.30. The molecule has 0 amide bonds. The van der Waals surface area contributed by atoms with E-state index < -0.39 is 0 Å². The van der Waals surface area contributed by atoms with E-state index in [0.717, 1.165) is 31.7 Å². The molecule has 0 aliphatic heterocycles. The molecule has 120 valence electrons.